The van der Waals surface area contributed by atoms with E-state index in [2.05, 4.69) is 5.32 Å². The highest BCUT2D eigenvalue weighted by Gasteiger charge is 2.18. The van der Waals surface area contributed by atoms with Crippen molar-refractivity contribution in [3.63, 3.8) is 0 Å². The molecule has 3 nitrogen and oxygen atoms in total. The molecule has 1 rings (SSSR count). The highest BCUT2D eigenvalue weighted by Crippen LogP contribution is 2.18. The number of hydrogen-bond acceptors (Lipinski definition) is 3. The van der Waals surface area contributed by atoms with Crippen molar-refractivity contribution >= 4 is 0 Å². The molecule has 1 aliphatic rings. The summed E-state index contributed by atoms with van der Waals surface area (Å²) < 4.78 is 0. The van der Waals surface area contributed by atoms with Crippen molar-refractivity contribution in [3.05, 3.63) is 0 Å². The molecule has 1 saturated carbocycles. The number of hydrogen-bond donors (Lipinski definition) is 3. The van der Waals surface area contributed by atoms with E-state index < -0.39 is 0 Å². The van der Waals surface area contributed by atoms with E-state index in [1.165, 1.54) is 0 Å². The molecule has 3 N–H and O–H groups in total. The van der Waals surface area contributed by atoms with Gasteiger partial charge in [0, 0.05) is 6.04 Å². The molecular weight excluding hydrogens is 178 g/mol. The summed E-state index contributed by atoms with van der Waals surface area (Å²) in [5.41, 5.74) is 0. The predicted molar refractivity (Wildman–Crippen MR) is 57.2 cm³/mol. The lowest BCUT2D eigenvalue weighted by Crippen LogP contribution is -2.35. The third kappa shape index (κ3) is 4.94. The average molecular weight is 201 g/mol. The standard InChI is InChI=1S/C11H23NO2/c1-9(13)3-2-8-12-10-4-6-11(14)7-5-10/h9-14H,2-8H2,1H3. The first-order chi connectivity index (χ1) is 6.68. The van der Waals surface area contributed by atoms with E-state index in [-0.39, 0.29) is 12.2 Å². The molecule has 0 bridgehead atoms. The molecule has 14 heavy (non-hydrogen) atoms. The molecule has 0 aromatic rings. The first-order valence-electron chi connectivity index (χ1n) is 5.78. The second kappa shape index (κ2) is 6.38. The molecule has 0 radical (unpaired) electrons. The minimum absolute atomic E-state index is 0.0643. The number of rotatable bonds is 5. The summed E-state index contributed by atoms with van der Waals surface area (Å²) in [6, 6.07) is 0.590. The van der Waals surface area contributed by atoms with Gasteiger partial charge in [0.1, 0.15) is 0 Å². The molecular formula is C11H23NO2. The zero-order valence-corrected chi connectivity index (χ0v) is 9.08. The summed E-state index contributed by atoms with van der Waals surface area (Å²) in [6.07, 6.45) is 5.74. The van der Waals surface area contributed by atoms with E-state index in [9.17, 15) is 5.11 Å². The van der Waals surface area contributed by atoms with Crippen molar-refractivity contribution < 1.29 is 10.2 Å². The Morgan fingerprint density at radius 2 is 1.93 bits per heavy atom. The molecule has 1 unspecified atom stereocenters. The quantitative estimate of drug-likeness (QED) is 0.583. The Hall–Kier alpha value is -0.120. The van der Waals surface area contributed by atoms with Crippen LogP contribution in [0, 0.1) is 0 Å². The normalized spacial score (nSPS) is 30.2. The van der Waals surface area contributed by atoms with Crippen LogP contribution in [0.3, 0.4) is 0 Å². The summed E-state index contributed by atoms with van der Waals surface area (Å²) in [6.45, 7) is 2.82. The van der Waals surface area contributed by atoms with E-state index in [0.717, 1.165) is 45.1 Å². The Morgan fingerprint density at radius 3 is 2.50 bits per heavy atom. The van der Waals surface area contributed by atoms with Gasteiger partial charge in [0.15, 0.2) is 0 Å². The minimum Gasteiger partial charge on any atom is -0.393 e. The van der Waals surface area contributed by atoms with Crippen LogP contribution in [0.5, 0.6) is 0 Å². The second-order valence-corrected chi connectivity index (χ2v) is 4.45. The van der Waals surface area contributed by atoms with Crippen molar-refractivity contribution in [3.8, 4) is 0 Å². The van der Waals surface area contributed by atoms with Crippen LogP contribution in [-0.2, 0) is 0 Å². The van der Waals surface area contributed by atoms with Crippen molar-refractivity contribution in [1.29, 1.82) is 0 Å². The summed E-state index contributed by atoms with van der Waals surface area (Å²) in [7, 11) is 0. The average Bonchev–Trinajstić information content (AvgIpc) is 2.15. The van der Waals surface area contributed by atoms with Gasteiger partial charge in [-0.25, -0.2) is 0 Å². The Bertz CT molecular complexity index is 142. The first-order valence-corrected chi connectivity index (χ1v) is 5.78. The molecule has 1 aliphatic carbocycles. The molecule has 0 amide bonds. The fourth-order valence-electron chi connectivity index (χ4n) is 1.98. The molecule has 0 aromatic carbocycles. The van der Waals surface area contributed by atoms with E-state index in [0.29, 0.717) is 6.04 Å². The highest BCUT2D eigenvalue weighted by atomic mass is 16.3. The molecule has 0 saturated heterocycles. The third-order valence-electron chi connectivity index (χ3n) is 2.93. The molecule has 0 heterocycles. The van der Waals surface area contributed by atoms with Gasteiger partial charge in [0.25, 0.3) is 0 Å². The summed E-state index contributed by atoms with van der Waals surface area (Å²) in [5, 5.41) is 21.8. The third-order valence-corrected chi connectivity index (χ3v) is 2.93. The highest BCUT2D eigenvalue weighted by molar-refractivity contribution is 4.76. The summed E-state index contributed by atoms with van der Waals surface area (Å²) in [4.78, 5) is 0. The maximum Gasteiger partial charge on any atom is 0.0541 e. The largest absolute Gasteiger partial charge is 0.393 e. The lowest BCUT2D eigenvalue weighted by molar-refractivity contribution is 0.116. The molecule has 0 aromatic heterocycles. The monoisotopic (exact) mass is 201 g/mol. The molecule has 84 valence electrons. The number of aliphatic hydroxyl groups excluding tert-OH is 2. The van der Waals surface area contributed by atoms with E-state index in [1.54, 1.807) is 0 Å². The van der Waals surface area contributed by atoms with Crippen LogP contribution in [-0.4, -0.2) is 35.0 Å². The van der Waals surface area contributed by atoms with Crippen LogP contribution in [0.15, 0.2) is 0 Å². The number of nitrogens with one attached hydrogen (secondary N) is 1. The van der Waals surface area contributed by atoms with Gasteiger partial charge in [-0.1, -0.05) is 0 Å². The zero-order valence-electron chi connectivity index (χ0n) is 9.08. The van der Waals surface area contributed by atoms with Gasteiger partial charge in [-0.15, -0.1) is 0 Å². The summed E-state index contributed by atoms with van der Waals surface area (Å²) in [5.74, 6) is 0. The van der Waals surface area contributed by atoms with E-state index in [4.69, 9.17) is 5.11 Å². The van der Waals surface area contributed by atoms with Crippen LogP contribution >= 0.6 is 0 Å². The van der Waals surface area contributed by atoms with Gasteiger partial charge in [0.05, 0.1) is 12.2 Å². The van der Waals surface area contributed by atoms with Gasteiger partial charge < -0.3 is 15.5 Å². The maximum absolute atomic E-state index is 9.31. The fourth-order valence-corrected chi connectivity index (χ4v) is 1.98. The van der Waals surface area contributed by atoms with Gasteiger partial charge in [-0.3, -0.25) is 0 Å². The van der Waals surface area contributed by atoms with Crippen LogP contribution < -0.4 is 5.32 Å². The topological polar surface area (TPSA) is 52.5 Å². The van der Waals surface area contributed by atoms with Crippen LogP contribution in [0.25, 0.3) is 0 Å². The SMILES string of the molecule is CC(O)CCCNC1CCC(O)CC1. The van der Waals surface area contributed by atoms with Crippen molar-refractivity contribution in [2.45, 2.75) is 63.7 Å². The Morgan fingerprint density at radius 1 is 1.29 bits per heavy atom. The predicted octanol–water partition coefficient (Wildman–Crippen LogP) is 1.04. The Kier molecular flexibility index (Phi) is 5.45. The second-order valence-electron chi connectivity index (χ2n) is 4.45. The van der Waals surface area contributed by atoms with Crippen molar-refractivity contribution in [2.75, 3.05) is 6.54 Å². The van der Waals surface area contributed by atoms with Crippen LogP contribution in [0.1, 0.15) is 45.4 Å². The lowest BCUT2D eigenvalue weighted by atomic mass is 9.93. The van der Waals surface area contributed by atoms with Crippen LogP contribution in [0.4, 0.5) is 0 Å². The summed E-state index contributed by atoms with van der Waals surface area (Å²) >= 11 is 0. The number of aliphatic hydroxyl groups is 2. The van der Waals surface area contributed by atoms with Gasteiger partial charge in [-0.05, 0) is 52.0 Å². The maximum atomic E-state index is 9.31. The minimum atomic E-state index is -0.176. The van der Waals surface area contributed by atoms with E-state index >= 15 is 0 Å². The van der Waals surface area contributed by atoms with Gasteiger partial charge in [-0.2, -0.15) is 0 Å². The van der Waals surface area contributed by atoms with Crippen LogP contribution in [0.2, 0.25) is 0 Å². The lowest BCUT2D eigenvalue weighted by Gasteiger charge is -2.26. The van der Waals surface area contributed by atoms with Crippen molar-refractivity contribution in [2.24, 2.45) is 0 Å². The first kappa shape index (κ1) is 12.0. The van der Waals surface area contributed by atoms with Crippen molar-refractivity contribution in [1.82, 2.24) is 5.32 Å². The molecule has 1 fully saturated rings. The molecule has 1 atom stereocenters. The molecule has 3 heteroatoms. The fraction of sp³-hybridized carbons (Fsp3) is 1.00. The van der Waals surface area contributed by atoms with E-state index in [1.807, 2.05) is 6.92 Å². The smallest absolute Gasteiger partial charge is 0.0541 e. The zero-order chi connectivity index (χ0) is 10.4. The Balaban J connectivity index is 1.96. The molecule has 0 aliphatic heterocycles. The Labute approximate surface area is 86.5 Å². The molecule has 0 spiro atoms. The van der Waals surface area contributed by atoms with Gasteiger partial charge in [0.2, 0.25) is 0 Å². The van der Waals surface area contributed by atoms with Gasteiger partial charge >= 0.3 is 0 Å².